The van der Waals surface area contributed by atoms with Crippen LogP contribution in [-0.4, -0.2) is 62.2 Å². The molecule has 0 aliphatic carbocycles. The first-order valence-corrected chi connectivity index (χ1v) is 8.69. The van der Waals surface area contributed by atoms with Crippen molar-refractivity contribution < 1.29 is 14.3 Å². The number of hydrogen-bond acceptors (Lipinski definition) is 7. The summed E-state index contributed by atoms with van der Waals surface area (Å²) in [7, 11) is 6.94. The number of anilines is 2. The fraction of sp³-hybridized carbons (Fsp3) is 0.389. The summed E-state index contributed by atoms with van der Waals surface area (Å²) in [6.07, 6.45) is 0. The first-order valence-electron chi connectivity index (χ1n) is 8.31. The molecule has 2 N–H and O–H groups in total. The van der Waals surface area contributed by atoms with E-state index in [1.54, 1.807) is 25.1 Å². The summed E-state index contributed by atoms with van der Waals surface area (Å²) in [6.45, 7) is 3.06. The predicted molar refractivity (Wildman–Crippen MR) is 105 cm³/mol. The highest BCUT2D eigenvalue weighted by Gasteiger charge is 2.14. The number of nitrogens with zero attached hydrogens (tertiary/aromatic N) is 3. The summed E-state index contributed by atoms with van der Waals surface area (Å²) in [5.74, 6) is 0.999. The van der Waals surface area contributed by atoms with Crippen molar-refractivity contribution in [3.63, 3.8) is 0 Å². The van der Waals surface area contributed by atoms with Crippen molar-refractivity contribution in [2.45, 2.75) is 6.92 Å². The number of ether oxygens (including phenoxy) is 2. The third-order valence-electron chi connectivity index (χ3n) is 3.65. The van der Waals surface area contributed by atoms with Gasteiger partial charge in [-0.3, -0.25) is 4.79 Å². The van der Waals surface area contributed by atoms with Gasteiger partial charge in [0.2, 0.25) is 5.95 Å². The van der Waals surface area contributed by atoms with Gasteiger partial charge >= 0.3 is 0 Å². The van der Waals surface area contributed by atoms with Crippen molar-refractivity contribution in [1.29, 1.82) is 0 Å². The van der Waals surface area contributed by atoms with E-state index in [2.05, 4.69) is 20.6 Å². The highest BCUT2D eigenvalue weighted by atomic mass is 35.5. The number of methoxy groups -OCH3 is 2. The average molecular weight is 394 g/mol. The highest BCUT2D eigenvalue weighted by Crippen LogP contribution is 2.36. The molecule has 0 aliphatic rings. The Morgan fingerprint density at radius 1 is 1.15 bits per heavy atom. The molecule has 0 bridgehead atoms. The molecule has 2 aromatic rings. The fourth-order valence-electron chi connectivity index (χ4n) is 2.30. The van der Waals surface area contributed by atoms with Gasteiger partial charge in [-0.15, -0.1) is 0 Å². The van der Waals surface area contributed by atoms with E-state index in [4.69, 9.17) is 21.1 Å². The van der Waals surface area contributed by atoms with Gasteiger partial charge in [-0.1, -0.05) is 11.6 Å². The van der Waals surface area contributed by atoms with Crippen LogP contribution in [0.4, 0.5) is 11.6 Å². The van der Waals surface area contributed by atoms with E-state index < -0.39 is 0 Å². The molecule has 0 saturated heterocycles. The van der Waals surface area contributed by atoms with Gasteiger partial charge in [0.05, 0.1) is 24.9 Å². The Labute approximate surface area is 163 Å². The lowest BCUT2D eigenvalue weighted by atomic mass is 10.2. The van der Waals surface area contributed by atoms with Crippen LogP contribution in [0.2, 0.25) is 5.02 Å². The van der Waals surface area contributed by atoms with Crippen LogP contribution < -0.4 is 20.1 Å². The molecule has 0 atom stereocenters. The minimum Gasteiger partial charge on any atom is -0.495 e. The number of halogens is 1. The van der Waals surface area contributed by atoms with E-state index in [1.165, 1.54) is 14.2 Å². The van der Waals surface area contributed by atoms with Gasteiger partial charge in [-0.05, 0) is 27.1 Å². The fourth-order valence-corrected chi connectivity index (χ4v) is 2.53. The van der Waals surface area contributed by atoms with Crippen molar-refractivity contribution >= 4 is 29.1 Å². The van der Waals surface area contributed by atoms with Crippen molar-refractivity contribution in [1.82, 2.24) is 20.2 Å². The molecule has 0 radical (unpaired) electrons. The van der Waals surface area contributed by atoms with Crippen LogP contribution in [0.1, 0.15) is 16.2 Å². The molecule has 1 amide bonds. The van der Waals surface area contributed by atoms with Gasteiger partial charge in [0.1, 0.15) is 17.2 Å². The number of amides is 1. The van der Waals surface area contributed by atoms with Crippen LogP contribution in [0.25, 0.3) is 0 Å². The molecule has 0 saturated carbocycles. The molecule has 1 aromatic heterocycles. The Balaban J connectivity index is 2.25. The van der Waals surface area contributed by atoms with Crippen molar-refractivity contribution in [2.75, 3.05) is 46.7 Å². The van der Waals surface area contributed by atoms with E-state index >= 15 is 0 Å². The Kier molecular flexibility index (Phi) is 7.20. The van der Waals surface area contributed by atoms with Gasteiger partial charge in [0.25, 0.3) is 5.91 Å². The van der Waals surface area contributed by atoms with Gasteiger partial charge in [-0.2, -0.15) is 0 Å². The lowest BCUT2D eigenvalue weighted by Gasteiger charge is -2.14. The normalized spacial score (nSPS) is 10.6. The second-order valence-corrected chi connectivity index (χ2v) is 6.50. The number of carbonyl (C=O) groups is 1. The molecule has 1 heterocycles. The van der Waals surface area contributed by atoms with E-state index in [0.717, 1.165) is 6.54 Å². The largest absolute Gasteiger partial charge is 0.495 e. The Morgan fingerprint density at radius 2 is 1.85 bits per heavy atom. The third kappa shape index (κ3) is 5.70. The monoisotopic (exact) mass is 393 g/mol. The summed E-state index contributed by atoms with van der Waals surface area (Å²) in [6, 6.07) is 4.95. The van der Waals surface area contributed by atoms with Crippen molar-refractivity contribution in [3.8, 4) is 11.5 Å². The van der Waals surface area contributed by atoms with Gasteiger partial charge in [0.15, 0.2) is 0 Å². The molecule has 0 fully saturated rings. The average Bonchev–Trinajstić information content (AvgIpc) is 2.61. The number of nitrogens with one attached hydrogen (secondary N) is 2. The summed E-state index contributed by atoms with van der Waals surface area (Å²) in [5.41, 5.74) is 1.51. The number of aromatic nitrogens is 2. The van der Waals surface area contributed by atoms with Crippen LogP contribution in [0, 0.1) is 6.92 Å². The number of rotatable bonds is 8. The number of benzene rings is 1. The first-order chi connectivity index (χ1) is 12.8. The van der Waals surface area contributed by atoms with Gasteiger partial charge < -0.3 is 25.0 Å². The predicted octanol–water partition coefficient (Wildman–Crippen LogP) is 2.49. The second-order valence-electron chi connectivity index (χ2n) is 6.09. The van der Waals surface area contributed by atoms with E-state index in [9.17, 15) is 4.79 Å². The maximum atomic E-state index is 12.3. The summed E-state index contributed by atoms with van der Waals surface area (Å²) in [5, 5.41) is 6.32. The standard InChI is InChI=1S/C18H24ClN5O3/c1-11-8-14(17(25)20-6-7-24(2)3)23-18(21-11)22-13-10-15(26-4)12(19)9-16(13)27-5/h8-10H,6-7H2,1-5H3,(H,20,25)(H,21,22,23). The smallest absolute Gasteiger partial charge is 0.270 e. The summed E-state index contributed by atoms with van der Waals surface area (Å²) in [4.78, 5) is 23.0. The molecule has 9 heteroatoms. The zero-order chi connectivity index (χ0) is 20.0. The molecule has 0 unspecified atom stereocenters. The Morgan fingerprint density at radius 3 is 2.48 bits per heavy atom. The van der Waals surface area contributed by atoms with Gasteiger partial charge in [0, 0.05) is 30.9 Å². The summed E-state index contributed by atoms with van der Waals surface area (Å²) >= 11 is 6.13. The van der Waals surface area contributed by atoms with Crippen molar-refractivity contribution in [3.05, 3.63) is 34.6 Å². The highest BCUT2D eigenvalue weighted by molar-refractivity contribution is 6.32. The first kappa shape index (κ1) is 20.7. The van der Waals surface area contributed by atoms with Crippen LogP contribution in [-0.2, 0) is 0 Å². The second kappa shape index (κ2) is 9.38. The molecule has 146 valence electrons. The van der Waals surface area contributed by atoms with E-state index in [0.29, 0.717) is 34.4 Å². The quantitative estimate of drug-likeness (QED) is 0.712. The molecular formula is C18H24ClN5O3. The topological polar surface area (TPSA) is 88.6 Å². The lowest BCUT2D eigenvalue weighted by molar-refractivity contribution is 0.0946. The zero-order valence-electron chi connectivity index (χ0n) is 16.1. The van der Waals surface area contributed by atoms with Crippen LogP contribution in [0.15, 0.2) is 18.2 Å². The minimum atomic E-state index is -0.258. The van der Waals surface area contributed by atoms with E-state index in [1.807, 2.05) is 19.0 Å². The summed E-state index contributed by atoms with van der Waals surface area (Å²) < 4.78 is 10.6. The van der Waals surface area contributed by atoms with E-state index in [-0.39, 0.29) is 17.5 Å². The molecule has 1 aromatic carbocycles. The molecular weight excluding hydrogens is 370 g/mol. The maximum absolute atomic E-state index is 12.3. The SMILES string of the molecule is COc1cc(Nc2nc(C)cc(C(=O)NCCN(C)C)n2)c(OC)cc1Cl. The Bertz CT molecular complexity index is 814. The zero-order valence-corrected chi connectivity index (χ0v) is 16.8. The lowest BCUT2D eigenvalue weighted by Crippen LogP contribution is -2.32. The number of hydrogen-bond donors (Lipinski definition) is 2. The third-order valence-corrected chi connectivity index (χ3v) is 3.95. The number of likely N-dealkylation sites (N-methyl/N-ethyl adjacent to an activating group) is 1. The van der Waals surface area contributed by atoms with Gasteiger partial charge in [-0.25, -0.2) is 9.97 Å². The molecule has 0 aliphatic heterocycles. The number of carbonyl (C=O) groups excluding carboxylic acids is 1. The molecule has 2 rings (SSSR count). The Hall–Kier alpha value is -2.58. The maximum Gasteiger partial charge on any atom is 0.270 e. The molecule has 8 nitrogen and oxygen atoms in total. The molecule has 0 spiro atoms. The number of aryl methyl sites for hydroxylation is 1. The van der Waals surface area contributed by atoms with Crippen LogP contribution in [0.3, 0.4) is 0 Å². The van der Waals surface area contributed by atoms with Crippen LogP contribution in [0.5, 0.6) is 11.5 Å². The minimum absolute atomic E-state index is 0.258. The van der Waals surface area contributed by atoms with Crippen LogP contribution >= 0.6 is 11.6 Å². The van der Waals surface area contributed by atoms with Crippen molar-refractivity contribution in [2.24, 2.45) is 0 Å². The molecule has 27 heavy (non-hydrogen) atoms.